The standard InChI is InChI=1S/C10H15ClN4.ClH/c11-10-9(13-4-5-14-10)7-15-8-2-1-3-12-6-8;/h4-5,8,12,15H,1-3,6-7H2;1H/t8-;/m1./s1. The van der Waals surface area contributed by atoms with Gasteiger partial charge >= 0.3 is 0 Å². The number of hydrogen-bond acceptors (Lipinski definition) is 4. The zero-order valence-corrected chi connectivity index (χ0v) is 10.5. The Kier molecular flexibility index (Phi) is 5.98. The molecule has 2 heterocycles. The second-order valence-electron chi connectivity index (χ2n) is 3.72. The molecule has 4 nitrogen and oxygen atoms in total. The summed E-state index contributed by atoms with van der Waals surface area (Å²) in [4.78, 5) is 8.18. The van der Waals surface area contributed by atoms with Crippen molar-refractivity contribution in [3.05, 3.63) is 23.2 Å². The average Bonchev–Trinajstić information content (AvgIpc) is 2.29. The Morgan fingerprint density at radius 1 is 1.44 bits per heavy atom. The topological polar surface area (TPSA) is 49.8 Å². The molecule has 2 rings (SSSR count). The first-order valence-corrected chi connectivity index (χ1v) is 5.63. The van der Waals surface area contributed by atoms with E-state index in [1.165, 1.54) is 12.8 Å². The number of aromatic nitrogens is 2. The smallest absolute Gasteiger partial charge is 0.151 e. The van der Waals surface area contributed by atoms with E-state index < -0.39 is 0 Å². The van der Waals surface area contributed by atoms with Crippen LogP contribution in [0.4, 0.5) is 0 Å². The second-order valence-corrected chi connectivity index (χ2v) is 4.08. The lowest BCUT2D eigenvalue weighted by atomic mass is 10.1. The third-order valence-corrected chi connectivity index (χ3v) is 2.89. The predicted molar refractivity (Wildman–Crippen MR) is 67.0 cm³/mol. The van der Waals surface area contributed by atoms with E-state index in [1.807, 2.05) is 0 Å². The maximum absolute atomic E-state index is 5.91. The number of nitrogens with zero attached hydrogens (tertiary/aromatic N) is 2. The number of piperidine rings is 1. The Labute approximate surface area is 107 Å². The molecular weight excluding hydrogens is 247 g/mol. The van der Waals surface area contributed by atoms with Crippen molar-refractivity contribution in [3.63, 3.8) is 0 Å². The molecule has 0 aliphatic carbocycles. The van der Waals surface area contributed by atoms with E-state index in [1.54, 1.807) is 12.4 Å². The van der Waals surface area contributed by atoms with E-state index >= 15 is 0 Å². The summed E-state index contributed by atoms with van der Waals surface area (Å²) in [6.45, 7) is 2.85. The van der Waals surface area contributed by atoms with E-state index in [-0.39, 0.29) is 12.4 Å². The van der Waals surface area contributed by atoms with Crippen LogP contribution in [0.25, 0.3) is 0 Å². The van der Waals surface area contributed by atoms with Crippen molar-refractivity contribution >= 4 is 24.0 Å². The van der Waals surface area contributed by atoms with Crippen LogP contribution in [0.1, 0.15) is 18.5 Å². The molecule has 0 unspecified atom stereocenters. The van der Waals surface area contributed by atoms with Crippen LogP contribution in [0.3, 0.4) is 0 Å². The van der Waals surface area contributed by atoms with Crippen molar-refractivity contribution in [2.75, 3.05) is 13.1 Å². The second kappa shape index (κ2) is 7.01. The van der Waals surface area contributed by atoms with Gasteiger partial charge in [0.2, 0.25) is 0 Å². The third kappa shape index (κ3) is 3.87. The lowest BCUT2D eigenvalue weighted by Gasteiger charge is -2.23. The van der Waals surface area contributed by atoms with Crippen molar-refractivity contribution in [2.24, 2.45) is 0 Å². The van der Waals surface area contributed by atoms with Gasteiger partial charge in [-0.1, -0.05) is 11.6 Å². The number of halogens is 2. The van der Waals surface area contributed by atoms with Gasteiger partial charge in [0.15, 0.2) is 5.15 Å². The number of hydrogen-bond donors (Lipinski definition) is 2. The third-order valence-electron chi connectivity index (χ3n) is 2.58. The molecule has 1 aliphatic rings. The molecule has 0 saturated carbocycles. The summed E-state index contributed by atoms with van der Waals surface area (Å²) in [5, 5.41) is 7.28. The minimum absolute atomic E-state index is 0. The quantitative estimate of drug-likeness (QED) is 0.865. The number of rotatable bonds is 3. The van der Waals surface area contributed by atoms with Gasteiger partial charge in [0.1, 0.15) is 0 Å². The fourth-order valence-corrected chi connectivity index (χ4v) is 1.91. The largest absolute Gasteiger partial charge is 0.315 e. The molecule has 0 amide bonds. The van der Waals surface area contributed by atoms with Gasteiger partial charge in [-0.15, -0.1) is 12.4 Å². The zero-order chi connectivity index (χ0) is 10.5. The van der Waals surface area contributed by atoms with Gasteiger partial charge in [0, 0.05) is 31.5 Å². The average molecular weight is 263 g/mol. The van der Waals surface area contributed by atoms with Gasteiger partial charge in [0.25, 0.3) is 0 Å². The molecular formula is C10H16Cl2N4. The summed E-state index contributed by atoms with van der Waals surface area (Å²) in [6, 6.07) is 0.525. The van der Waals surface area contributed by atoms with Crippen LogP contribution in [0.15, 0.2) is 12.4 Å². The lowest BCUT2D eigenvalue weighted by Crippen LogP contribution is -2.42. The SMILES string of the molecule is Cl.Clc1nccnc1CN[C@@H]1CCCNC1. The zero-order valence-electron chi connectivity index (χ0n) is 8.95. The fourth-order valence-electron chi connectivity index (χ4n) is 1.74. The van der Waals surface area contributed by atoms with Crippen molar-refractivity contribution in [3.8, 4) is 0 Å². The minimum Gasteiger partial charge on any atom is -0.315 e. The van der Waals surface area contributed by atoms with E-state index in [9.17, 15) is 0 Å². The number of nitrogens with one attached hydrogen (secondary N) is 2. The normalized spacial score (nSPS) is 20.2. The molecule has 6 heteroatoms. The van der Waals surface area contributed by atoms with E-state index in [4.69, 9.17) is 11.6 Å². The summed E-state index contributed by atoms with van der Waals surface area (Å²) >= 11 is 5.91. The molecule has 0 aromatic carbocycles. The molecule has 2 N–H and O–H groups in total. The van der Waals surface area contributed by atoms with Crippen LogP contribution >= 0.6 is 24.0 Å². The Morgan fingerprint density at radius 2 is 2.25 bits per heavy atom. The molecule has 1 atom stereocenters. The van der Waals surface area contributed by atoms with Crippen LogP contribution in [-0.2, 0) is 6.54 Å². The maximum atomic E-state index is 5.91. The molecule has 0 radical (unpaired) electrons. The van der Waals surface area contributed by atoms with Gasteiger partial charge in [-0.05, 0) is 19.4 Å². The highest BCUT2D eigenvalue weighted by Crippen LogP contribution is 2.09. The van der Waals surface area contributed by atoms with Gasteiger partial charge in [-0.3, -0.25) is 4.98 Å². The van der Waals surface area contributed by atoms with Crippen molar-refractivity contribution in [1.29, 1.82) is 0 Å². The Bertz CT molecular complexity index is 315. The maximum Gasteiger partial charge on any atom is 0.151 e. The van der Waals surface area contributed by atoms with E-state index in [0.29, 0.717) is 17.7 Å². The van der Waals surface area contributed by atoms with Crippen LogP contribution in [0.5, 0.6) is 0 Å². The highest BCUT2D eigenvalue weighted by atomic mass is 35.5. The minimum atomic E-state index is 0. The molecule has 0 bridgehead atoms. The van der Waals surface area contributed by atoms with Crippen LogP contribution in [-0.4, -0.2) is 29.1 Å². The van der Waals surface area contributed by atoms with E-state index in [0.717, 1.165) is 18.8 Å². The van der Waals surface area contributed by atoms with Crippen molar-refractivity contribution < 1.29 is 0 Å². The summed E-state index contributed by atoms with van der Waals surface area (Å²) < 4.78 is 0. The predicted octanol–water partition coefficient (Wildman–Crippen LogP) is 1.39. The first-order chi connectivity index (χ1) is 7.36. The molecule has 1 aromatic rings. The molecule has 1 aromatic heterocycles. The molecule has 16 heavy (non-hydrogen) atoms. The molecule has 0 spiro atoms. The highest BCUT2D eigenvalue weighted by molar-refractivity contribution is 6.29. The Morgan fingerprint density at radius 3 is 2.94 bits per heavy atom. The Balaban J connectivity index is 0.00000128. The van der Waals surface area contributed by atoms with Crippen molar-refractivity contribution in [2.45, 2.75) is 25.4 Å². The van der Waals surface area contributed by atoms with Gasteiger partial charge in [0.05, 0.1) is 5.69 Å². The van der Waals surface area contributed by atoms with Crippen LogP contribution in [0, 0.1) is 0 Å². The lowest BCUT2D eigenvalue weighted by molar-refractivity contribution is 0.387. The van der Waals surface area contributed by atoms with Crippen LogP contribution < -0.4 is 10.6 Å². The van der Waals surface area contributed by atoms with Crippen molar-refractivity contribution in [1.82, 2.24) is 20.6 Å². The summed E-state index contributed by atoms with van der Waals surface area (Å²) in [7, 11) is 0. The molecule has 1 fully saturated rings. The fraction of sp³-hybridized carbons (Fsp3) is 0.600. The van der Waals surface area contributed by atoms with Gasteiger partial charge in [-0.25, -0.2) is 4.98 Å². The summed E-state index contributed by atoms with van der Waals surface area (Å²) in [5.74, 6) is 0. The highest BCUT2D eigenvalue weighted by Gasteiger charge is 2.12. The Hall–Kier alpha value is -0.420. The van der Waals surface area contributed by atoms with E-state index in [2.05, 4.69) is 20.6 Å². The molecule has 1 aliphatic heterocycles. The van der Waals surface area contributed by atoms with Gasteiger partial charge < -0.3 is 10.6 Å². The first-order valence-electron chi connectivity index (χ1n) is 5.26. The van der Waals surface area contributed by atoms with Gasteiger partial charge in [-0.2, -0.15) is 0 Å². The monoisotopic (exact) mass is 262 g/mol. The molecule has 90 valence electrons. The molecule has 1 saturated heterocycles. The van der Waals surface area contributed by atoms with Crippen LogP contribution in [0.2, 0.25) is 5.15 Å². The summed E-state index contributed by atoms with van der Waals surface area (Å²) in [5.41, 5.74) is 0.824. The first kappa shape index (κ1) is 13.6. The summed E-state index contributed by atoms with van der Waals surface area (Å²) in [6.07, 6.45) is 5.72.